The number of carboxylic acids is 1. The van der Waals surface area contributed by atoms with Crippen LogP contribution in [0.2, 0.25) is 0 Å². The number of carboxylic acid groups (broad SMARTS) is 1. The summed E-state index contributed by atoms with van der Waals surface area (Å²) in [5.74, 6) is -1.71. The van der Waals surface area contributed by atoms with Gasteiger partial charge in [-0.25, -0.2) is 9.07 Å². The standard InChI is InChI=1S/C23H30FN3O6/c1-14(2)20-21(22(32)26-9-3-4-10-26)25-27(16-7-5-15(24)6-8-16)23(20)33-13-18(29)11-17(28)12-19(30)31/h5-8,14,17-18,28-29H,3-4,9-13H2,1-2H3,(H,30,31)/t17-,18+/m1/s1. The van der Waals surface area contributed by atoms with Crippen LogP contribution in [0, 0.1) is 5.82 Å². The van der Waals surface area contributed by atoms with Crippen molar-refractivity contribution in [2.24, 2.45) is 0 Å². The molecule has 1 fully saturated rings. The molecule has 2 aromatic rings. The largest absolute Gasteiger partial charge is 0.481 e. The molecule has 0 bridgehead atoms. The van der Waals surface area contributed by atoms with Crippen molar-refractivity contribution in [1.82, 2.24) is 14.7 Å². The summed E-state index contributed by atoms with van der Waals surface area (Å²) < 4.78 is 20.8. The number of hydrogen-bond acceptors (Lipinski definition) is 6. The number of nitrogens with zero attached hydrogens (tertiary/aromatic N) is 3. The first-order chi connectivity index (χ1) is 15.7. The molecule has 33 heavy (non-hydrogen) atoms. The summed E-state index contributed by atoms with van der Waals surface area (Å²) in [6.07, 6.45) is -1.19. The van der Waals surface area contributed by atoms with Crippen LogP contribution in [-0.2, 0) is 4.79 Å². The average Bonchev–Trinajstić information content (AvgIpc) is 3.40. The van der Waals surface area contributed by atoms with E-state index in [2.05, 4.69) is 5.10 Å². The van der Waals surface area contributed by atoms with Crippen molar-refractivity contribution < 1.29 is 34.0 Å². The fourth-order valence-corrected chi connectivity index (χ4v) is 3.90. The number of aliphatic hydroxyl groups excluding tert-OH is 2. The van der Waals surface area contributed by atoms with E-state index in [1.807, 2.05) is 13.8 Å². The number of aliphatic hydroxyl groups is 2. The second-order valence-corrected chi connectivity index (χ2v) is 8.56. The van der Waals surface area contributed by atoms with Crippen molar-refractivity contribution in [3.05, 3.63) is 41.3 Å². The smallest absolute Gasteiger partial charge is 0.305 e. The topological polar surface area (TPSA) is 125 Å². The number of carbonyl (C=O) groups excluding carboxylic acids is 1. The van der Waals surface area contributed by atoms with Gasteiger partial charge in [0.1, 0.15) is 12.4 Å². The Bertz CT molecular complexity index is 969. The number of likely N-dealkylation sites (tertiary alicyclic amines) is 1. The Hall–Kier alpha value is -2.98. The Kier molecular flexibility index (Phi) is 8.04. The van der Waals surface area contributed by atoms with Gasteiger partial charge in [-0.1, -0.05) is 13.8 Å². The molecular weight excluding hydrogens is 433 g/mol. The van der Waals surface area contributed by atoms with Gasteiger partial charge in [0, 0.05) is 25.1 Å². The predicted octanol–water partition coefficient (Wildman–Crippen LogP) is 2.34. The first kappa shape index (κ1) is 24.7. The zero-order valence-electron chi connectivity index (χ0n) is 18.8. The van der Waals surface area contributed by atoms with Crippen molar-refractivity contribution >= 4 is 11.9 Å². The van der Waals surface area contributed by atoms with Crippen LogP contribution in [0.3, 0.4) is 0 Å². The summed E-state index contributed by atoms with van der Waals surface area (Å²) in [6, 6.07) is 5.57. The number of aliphatic carboxylic acids is 1. The van der Waals surface area contributed by atoms with E-state index >= 15 is 0 Å². The number of halogens is 1. The van der Waals surface area contributed by atoms with Crippen LogP contribution in [0.15, 0.2) is 24.3 Å². The zero-order valence-corrected chi connectivity index (χ0v) is 18.8. The van der Waals surface area contributed by atoms with E-state index in [9.17, 15) is 24.2 Å². The SMILES string of the molecule is CC(C)c1c(C(=O)N2CCCC2)nn(-c2ccc(F)cc2)c1OC[C@@H](O)C[C@@H](O)CC(=O)O. The normalized spacial score (nSPS) is 15.6. The van der Waals surface area contributed by atoms with E-state index in [1.165, 1.54) is 28.9 Å². The Morgan fingerprint density at radius 1 is 1.12 bits per heavy atom. The number of benzene rings is 1. The number of amides is 1. The lowest BCUT2D eigenvalue weighted by Gasteiger charge is -2.18. The maximum Gasteiger partial charge on any atom is 0.305 e. The lowest BCUT2D eigenvalue weighted by molar-refractivity contribution is -0.139. The Morgan fingerprint density at radius 2 is 1.76 bits per heavy atom. The predicted molar refractivity (Wildman–Crippen MR) is 117 cm³/mol. The molecule has 3 N–H and O–H groups in total. The van der Waals surface area contributed by atoms with Crippen molar-refractivity contribution in [1.29, 1.82) is 0 Å². The molecule has 0 radical (unpaired) electrons. The van der Waals surface area contributed by atoms with Gasteiger partial charge in [-0.15, -0.1) is 0 Å². The molecule has 10 heteroatoms. The molecular formula is C23H30FN3O6. The molecule has 1 aromatic carbocycles. The minimum Gasteiger partial charge on any atom is -0.481 e. The van der Waals surface area contributed by atoms with E-state index in [0.29, 0.717) is 24.3 Å². The van der Waals surface area contributed by atoms with Gasteiger partial charge in [-0.3, -0.25) is 9.59 Å². The second-order valence-electron chi connectivity index (χ2n) is 8.56. The van der Waals surface area contributed by atoms with Crippen molar-refractivity contribution in [3.8, 4) is 11.6 Å². The molecule has 0 aliphatic carbocycles. The first-order valence-corrected chi connectivity index (χ1v) is 11.1. The molecule has 2 atom stereocenters. The third kappa shape index (κ3) is 6.08. The molecule has 180 valence electrons. The summed E-state index contributed by atoms with van der Waals surface area (Å²) in [5, 5.41) is 33.4. The van der Waals surface area contributed by atoms with E-state index in [0.717, 1.165) is 12.8 Å². The molecule has 1 aromatic heterocycles. The lowest BCUT2D eigenvalue weighted by atomic mass is 10.0. The maximum absolute atomic E-state index is 13.5. The van der Waals surface area contributed by atoms with Gasteiger partial charge < -0.3 is 25.0 Å². The number of hydrogen-bond donors (Lipinski definition) is 3. The molecule has 1 aliphatic rings. The van der Waals surface area contributed by atoms with E-state index in [1.54, 1.807) is 4.90 Å². The van der Waals surface area contributed by atoms with E-state index in [4.69, 9.17) is 9.84 Å². The molecule has 0 unspecified atom stereocenters. The van der Waals surface area contributed by atoms with Gasteiger partial charge in [-0.2, -0.15) is 5.10 Å². The Labute approximate surface area is 191 Å². The van der Waals surface area contributed by atoms with Crippen molar-refractivity contribution in [3.63, 3.8) is 0 Å². The van der Waals surface area contributed by atoms with Crippen molar-refractivity contribution in [2.75, 3.05) is 19.7 Å². The molecule has 1 aliphatic heterocycles. The van der Waals surface area contributed by atoms with Gasteiger partial charge in [0.25, 0.3) is 5.91 Å². The fourth-order valence-electron chi connectivity index (χ4n) is 3.90. The summed E-state index contributed by atoms with van der Waals surface area (Å²) in [4.78, 5) is 25.7. The van der Waals surface area contributed by atoms with Gasteiger partial charge in [0.05, 0.1) is 24.3 Å². The Morgan fingerprint density at radius 3 is 2.33 bits per heavy atom. The van der Waals surface area contributed by atoms with Gasteiger partial charge in [0.15, 0.2) is 5.69 Å². The number of aromatic nitrogens is 2. The molecule has 0 saturated carbocycles. The number of ether oxygens (including phenoxy) is 1. The summed E-state index contributed by atoms with van der Waals surface area (Å²) in [7, 11) is 0. The fraction of sp³-hybridized carbons (Fsp3) is 0.522. The van der Waals surface area contributed by atoms with Crippen LogP contribution in [-0.4, -0.2) is 73.8 Å². The van der Waals surface area contributed by atoms with Gasteiger partial charge in [-0.05, 0) is 43.0 Å². The zero-order chi connectivity index (χ0) is 24.1. The Balaban J connectivity index is 1.94. The highest BCUT2D eigenvalue weighted by atomic mass is 19.1. The molecule has 9 nitrogen and oxygen atoms in total. The highest BCUT2D eigenvalue weighted by molar-refractivity contribution is 5.95. The average molecular weight is 464 g/mol. The second kappa shape index (κ2) is 10.8. The highest BCUT2D eigenvalue weighted by Gasteiger charge is 2.31. The quantitative estimate of drug-likeness (QED) is 0.494. The van der Waals surface area contributed by atoms with Crippen LogP contribution in [0.4, 0.5) is 4.39 Å². The van der Waals surface area contributed by atoms with Crippen LogP contribution >= 0.6 is 0 Å². The van der Waals surface area contributed by atoms with E-state index < -0.39 is 30.4 Å². The van der Waals surface area contributed by atoms with Crippen LogP contribution in [0.5, 0.6) is 5.88 Å². The molecule has 1 saturated heterocycles. The van der Waals surface area contributed by atoms with E-state index in [-0.39, 0.29) is 36.4 Å². The summed E-state index contributed by atoms with van der Waals surface area (Å²) in [5.41, 5.74) is 1.29. The third-order valence-corrected chi connectivity index (χ3v) is 5.49. The molecule has 0 spiro atoms. The van der Waals surface area contributed by atoms with Crippen LogP contribution in [0.1, 0.15) is 61.5 Å². The first-order valence-electron chi connectivity index (χ1n) is 11.1. The summed E-state index contributed by atoms with van der Waals surface area (Å²) >= 11 is 0. The van der Waals surface area contributed by atoms with Crippen LogP contribution < -0.4 is 4.74 Å². The molecule has 1 amide bonds. The summed E-state index contributed by atoms with van der Waals surface area (Å²) in [6.45, 7) is 4.84. The number of carbonyl (C=O) groups is 2. The minimum absolute atomic E-state index is 0.148. The minimum atomic E-state index is -1.22. The molecule has 3 rings (SSSR count). The lowest BCUT2D eigenvalue weighted by Crippen LogP contribution is -2.29. The third-order valence-electron chi connectivity index (χ3n) is 5.49. The van der Waals surface area contributed by atoms with Crippen LogP contribution in [0.25, 0.3) is 5.69 Å². The maximum atomic E-state index is 13.5. The highest BCUT2D eigenvalue weighted by Crippen LogP contribution is 2.34. The van der Waals surface area contributed by atoms with Gasteiger partial charge in [0.2, 0.25) is 5.88 Å². The van der Waals surface area contributed by atoms with Crippen molar-refractivity contribution in [2.45, 2.75) is 57.7 Å². The monoisotopic (exact) mass is 463 g/mol. The van der Waals surface area contributed by atoms with Gasteiger partial charge >= 0.3 is 5.97 Å². The molecule has 2 heterocycles. The number of rotatable bonds is 10.